The number of benzene rings is 1. The first-order chi connectivity index (χ1) is 8.41. The summed E-state index contributed by atoms with van der Waals surface area (Å²) in [6, 6.07) is 4.31. The second kappa shape index (κ2) is 6.61. The smallest absolute Gasteiger partial charge is 0.255 e. The van der Waals surface area contributed by atoms with Crippen LogP contribution in [0.15, 0.2) is 18.2 Å². The van der Waals surface area contributed by atoms with Crippen LogP contribution >= 0.6 is 11.6 Å². The molecule has 1 N–H and O–H groups in total. The van der Waals surface area contributed by atoms with Crippen molar-refractivity contribution >= 4 is 17.5 Å². The molecule has 4 nitrogen and oxygen atoms in total. The number of amides is 1. The fraction of sp³-hybridized carbons (Fsp3) is 0.462. The number of hydrogen-bond donors (Lipinski definition) is 1. The molecule has 0 heterocycles. The van der Waals surface area contributed by atoms with Crippen LogP contribution in [0.2, 0.25) is 5.02 Å². The lowest BCUT2D eigenvalue weighted by molar-refractivity contribution is 0.0532. The minimum Gasteiger partial charge on any atom is -0.508 e. The highest BCUT2D eigenvalue weighted by Gasteiger charge is 2.15. The number of halogens is 1. The summed E-state index contributed by atoms with van der Waals surface area (Å²) < 4.78 is 5.38. The molecule has 0 spiro atoms. The van der Waals surface area contributed by atoms with E-state index in [4.69, 9.17) is 16.3 Å². The molecule has 100 valence electrons. The van der Waals surface area contributed by atoms with E-state index < -0.39 is 0 Å². The summed E-state index contributed by atoms with van der Waals surface area (Å²) in [5.74, 6) is -0.210. The van der Waals surface area contributed by atoms with E-state index in [-0.39, 0.29) is 17.8 Å². The normalized spacial score (nSPS) is 10.7. The first kappa shape index (κ1) is 14.8. The highest BCUT2D eigenvalue weighted by molar-refractivity contribution is 6.33. The molecular formula is C13H18ClNO3. The summed E-state index contributed by atoms with van der Waals surface area (Å²) >= 11 is 5.93. The minimum absolute atomic E-state index is 0.0228. The maximum atomic E-state index is 12.1. The maximum absolute atomic E-state index is 12.1. The predicted octanol–water partition coefficient (Wildman–Crippen LogP) is 2.54. The maximum Gasteiger partial charge on any atom is 0.255 e. The average Bonchev–Trinajstić information content (AvgIpc) is 2.30. The van der Waals surface area contributed by atoms with Crippen molar-refractivity contribution in [2.24, 2.45) is 0 Å². The number of phenolic OH excluding ortho intramolecular Hbond substituents is 1. The van der Waals surface area contributed by atoms with E-state index in [2.05, 4.69) is 0 Å². The number of nitrogens with zero attached hydrogens (tertiary/aromatic N) is 1. The molecular weight excluding hydrogens is 254 g/mol. The third kappa shape index (κ3) is 4.20. The van der Waals surface area contributed by atoms with Crippen molar-refractivity contribution in [3.05, 3.63) is 28.8 Å². The molecule has 0 aliphatic heterocycles. The summed E-state index contributed by atoms with van der Waals surface area (Å²) in [5, 5.41) is 9.69. The summed E-state index contributed by atoms with van der Waals surface area (Å²) in [4.78, 5) is 13.6. The number of ether oxygens (including phenoxy) is 1. The van der Waals surface area contributed by atoms with Gasteiger partial charge in [-0.2, -0.15) is 0 Å². The molecule has 5 heteroatoms. The minimum atomic E-state index is -0.233. The van der Waals surface area contributed by atoms with Crippen molar-refractivity contribution < 1.29 is 14.6 Å². The molecule has 0 radical (unpaired) electrons. The van der Waals surface area contributed by atoms with Gasteiger partial charge in [0, 0.05) is 13.6 Å². The van der Waals surface area contributed by atoms with Gasteiger partial charge in [0.15, 0.2) is 0 Å². The number of rotatable bonds is 5. The molecule has 0 saturated carbocycles. The topological polar surface area (TPSA) is 49.8 Å². The van der Waals surface area contributed by atoms with Gasteiger partial charge in [0.2, 0.25) is 0 Å². The summed E-state index contributed by atoms with van der Waals surface area (Å²) in [6.45, 7) is 4.82. The molecule has 0 atom stereocenters. The average molecular weight is 272 g/mol. The van der Waals surface area contributed by atoms with E-state index in [1.165, 1.54) is 23.1 Å². The molecule has 0 saturated heterocycles. The van der Waals surface area contributed by atoms with Gasteiger partial charge in [-0.25, -0.2) is 0 Å². The zero-order chi connectivity index (χ0) is 13.7. The van der Waals surface area contributed by atoms with Crippen molar-refractivity contribution in [2.45, 2.75) is 20.0 Å². The Morgan fingerprint density at radius 1 is 1.50 bits per heavy atom. The molecule has 1 aromatic rings. The lowest BCUT2D eigenvalue weighted by atomic mass is 10.2. The Morgan fingerprint density at radius 3 is 2.78 bits per heavy atom. The van der Waals surface area contributed by atoms with Gasteiger partial charge in [0.25, 0.3) is 5.91 Å². The van der Waals surface area contributed by atoms with Crippen LogP contribution in [0.1, 0.15) is 24.2 Å². The van der Waals surface area contributed by atoms with Crippen LogP contribution in [0.25, 0.3) is 0 Å². The Hall–Kier alpha value is -1.26. The predicted molar refractivity (Wildman–Crippen MR) is 71.2 cm³/mol. The van der Waals surface area contributed by atoms with Crippen LogP contribution < -0.4 is 0 Å². The van der Waals surface area contributed by atoms with Crippen molar-refractivity contribution in [2.75, 3.05) is 20.2 Å². The van der Waals surface area contributed by atoms with E-state index in [0.717, 1.165) is 0 Å². The van der Waals surface area contributed by atoms with E-state index in [1.54, 1.807) is 7.05 Å². The third-order valence-corrected chi connectivity index (χ3v) is 2.73. The summed E-state index contributed by atoms with van der Waals surface area (Å²) in [6.07, 6.45) is 0.137. The Morgan fingerprint density at radius 2 is 2.17 bits per heavy atom. The van der Waals surface area contributed by atoms with Crippen LogP contribution in [0.4, 0.5) is 0 Å². The summed E-state index contributed by atoms with van der Waals surface area (Å²) in [5.41, 5.74) is 0.295. The quantitative estimate of drug-likeness (QED) is 0.895. The second-order valence-corrected chi connectivity index (χ2v) is 4.72. The van der Waals surface area contributed by atoms with Gasteiger partial charge >= 0.3 is 0 Å². The van der Waals surface area contributed by atoms with Gasteiger partial charge < -0.3 is 14.7 Å². The third-order valence-electron chi connectivity index (χ3n) is 2.40. The number of aromatic hydroxyl groups is 1. The lowest BCUT2D eigenvalue weighted by Crippen LogP contribution is -2.31. The number of hydrogen-bond acceptors (Lipinski definition) is 3. The van der Waals surface area contributed by atoms with E-state index in [1.807, 2.05) is 13.8 Å². The Labute approximate surface area is 112 Å². The first-order valence-corrected chi connectivity index (χ1v) is 6.15. The molecule has 1 aromatic carbocycles. The molecule has 0 bridgehead atoms. The van der Waals surface area contributed by atoms with Gasteiger partial charge in [-0.3, -0.25) is 4.79 Å². The highest BCUT2D eigenvalue weighted by atomic mass is 35.5. The number of carbonyl (C=O) groups excluding carboxylic acids is 1. The van der Waals surface area contributed by atoms with Crippen molar-refractivity contribution in [1.29, 1.82) is 0 Å². The molecule has 0 aliphatic carbocycles. The van der Waals surface area contributed by atoms with Crippen LogP contribution in [0.3, 0.4) is 0 Å². The number of likely N-dealkylation sites (N-methyl/N-ethyl adjacent to an activating group) is 1. The molecule has 0 aromatic heterocycles. The van der Waals surface area contributed by atoms with Crippen molar-refractivity contribution in [3.63, 3.8) is 0 Å². The molecule has 1 amide bonds. The van der Waals surface area contributed by atoms with Gasteiger partial charge in [-0.05, 0) is 32.0 Å². The largest absolute Gasteiger partial charge is 0.508 e. The Bertz CT molecular complexity index is 421. The van der Waals surface area contributed by atoms with Gasteiger partial charge in [-0.1, -0.05) is 11.6 Å². The van der Waals surface area contributed by atoms with E-state index in [0.29, 0.717) is 23.7 Å². The number of carbonyl (C=O) groups is 1. The first-order valence-electron chi connectivity index (χ1n) is 5.77. The van der Waals surface area contributed by atoms with Crippen LogP contribution in [-0.4, -0.2) is 42.2 Å². The van der Waals surface area contributed by atoms with E-state index >= 15 is 0 Å². The van der Waals surface area contributed by atoms with Crippen molar-refractivity contribution in [1.82, 2.24) is 4.90 Å². The highest BCUT2D eigenvalue weighted by Crippen LogP contribution is 2.22. The lowest BCUT2D eigenvalue weighted by Gasteiger charge is -2.18. The zero-order valence-corrected chi connectivity index (χ0v) is 11.6. The standard InChI is InChI=1S/C13H18ClNO3/c1-9(2)18-7-6-15(3)13(17)11-8-10(16)4-5-12(11)14/h4-5,8-9,16H,6-7H2,1-3H3. The Balaban J connectivity index is 2.65. The molecule has 0 aliphatic rings. The monoisotopic (exact) mass is 271 g/mol. The number of phenols is 1. The molecule has 0 fully saturated rings. The SMILES string of the molecule is CC(C)OCCN(C)C(=O)c1cc(O)ccc1Cl. The van der Waals surface area contributed by atoms with Crippen molar-refractivity contribution in [3.8, 4) is 5.75 Å². The molecule has 18 heavy (non-hydrogen) atoms. The van der Waals surface area contributed by atoms with Gasteiger partial charge in [-0.15, -0.1) is 0 Å². The second-order valence-electron chi connectivity index (χ2n) is 4.31. The fourth-order valence-electron chi connectivity index (χ4n) is 1.41. The zero-order valence-electron chi connectivity index (χ0n) is 10.8. The molecule has 0 unspecified atom stereocenters. The van der Waals surface area contributed by atoms with Crippen LogP contribution in [-0.2, 0) is 4.74 Å². The summed E-state index contributed by atoms with van der Waals surface area (Å²) in [7, 11) is 1.67. The van der Waals surface area contributed by atoms with Gasteiger partial charge in [0.1, 0.15) is 5.75 Å². The molecule has 1 rings (SSSR count). The van der Waals surface area contributed by atoms with Crippen LogP contribution in [0.5, 0.6) is 5.75 Å². The van der Waals surface area contributed by atoms with Gasteiger partial charge in [0.05, 0.1) is 23.3 Å². The Kier molecular flexibility index (Phi) is 5.44. The fourth-order valence-corrected chi connectivity index (χ4v) is 1.61. The van der Waals surface area contributed by atoms with Crippen LogP contribution in [0, 0.1) is 0 Å². The van der Waals surface area contributed by atoms with E-state index in [9.17, 15) is 9.90 Å².